The molecule has 0 atom stereocenters. The van der Waals surface area contributed by atoms with Gasteiger partial charge in [0.1, 0.15) is 4.83 Å². The number of nitrogens with one attached hydrogen (secondary N) is 1. The van der Waals surface area contributed by atoms with Crippen molar-refractivity contribution < 1.29 is 14.3 Å². The number of methoxy groups -OCH3 is 2. The quantitative estimate of drug-likeness (QED) is 0.772. The molecule has 0 spiro atoms. The second-order valence-corrected chi connectivity index (χ2v) is 6.40. The number of hydrogen-bond acceptors (Lipinski definition) is 5. The molecule has 1 N–H and O–H groups in total. The molecule has 1 amide bonds. The maximum atomic E-state index is 12.5. The highest BCUT2D eigenvalue weighted by atomic mass is 32.1. The van der Waals surface area contributed by atoms with Crippen molar-refractivity contribution >= 4 is 27.5 Å². The van der Waals surface area contributed by atoms with Gasteiger partial charge in [0, 0.05) is 24.5 Å². The van der Waals surface area contributed by atoms with Gasteiger partial charge in [-0.3, -0.25) is 9.48 Å². The topological polar surface area (TPSA) is 65.4 Å². The largest absolute Gasteiger partial charge is 0.493 e. The van der Waals surface area contributed by atoms with Crippen molar-refractivity contribution in [2.45, 2.75) is 13.5 Å². The summed E-state index contributed by atoms with van der Waals surface area (Å²) < 4.78 is 12.5. The van der Waals surface area contributed by atoms with Crippen LogP contribution in [0.3, 0.4) is 0 Å². The van der Waals surface area contributed by atoms with Gasteiger partial charge < -0.3 is 14.8 Å². The molecule has 0 fully saturated rings. The zero-order valence-corrected chi connectivity index (χ0v) is 14.9. The van der Waals surface area contributed by atoms with Gasteiger partial charge in [0.15, 0.2) is 11.5 Å². The summed E-state index contributed by atoms with van der Waals surface area (Å²) in [6.45, 7) is 2.31. The molecule has 2 aromatic heterocycles. The van der Waals surface area contributed by atoms with Crippen LogP contribution in [-0.4, -0.2) is 29.9 Å². The molecule has 24 heavy (non-hydrogen) atoms. The van der Waals surface area contributed by atoms with Crippen LogP contribution >= 0.6 is 11.3 Å². The van der Waals surface area contributed by atoms with Crippen LogP contribution in [-0.2, 0) is 13.6 Å². The Kier molecular flexibility index (Phi) is 4.44. The fourth-order valence-electron chi connectivity index (χ4n) is 2.67. The number of hydrogen-bond donors (Lipinski definition) is 1. The fourth-order valence-corrected chi connectivity index (χ4v) is 3.71. The summed E-state index contributed by atoms with van der Waals surface area (Å²) in [4.78, 5) is 14.1. The van der Waals surface area contributed by atoms with E-state index in [1.807, 2.05) is 38.2 Å². The number of fused-ring (bicyclic) bond motifs is 1. The van der Waals surface area contributed by atoms with Gasteiger partial charge in [-0.25, -0.2) is 0 Å². The Bertz CT molecular complexity index is 864. The lowest BCUT2D eigenvalue weighted by atomic mass is 10.2. The minimum Gasteiger partial charge on any atom is -0.493 e. The number of rotatable bonds is 5. The first-order valence-electron chi connectivity index (χ1n) is 7.46. The summed E-state index contributed by atoms with van der Waals surface area (Å²) in [6.07, 6.45) is 0. The Labute approximate surface area is 144 Å². The Morgan fingerprint density at radius 3 is 2.79 bits per heavy atom. The Morgan fingerprint density at radius 1 is 1.33 bits per heavy atom. The summed E-state index contributed by atoms with van der Waals surface area (Å²) in [5, 5.41) is 8.31. The van der Waals surface area contributed by atoms with Crippen LogP contribution < -0.4 is 14.8 Å². The first-order valence-corrected chi connectivity index (χ1v) is 8.28. The normalized spacial score (nSPS) is 10.8. The lowest BCUT2D eigenvalue weighted by molar-refractivity contribution is 0.0954. The SMILES string of the molecule is COc1cccc(CNC(=O)c2cc3c(C)nn(C)c3s2)c1OC. The number of para-hydroxylation sites is 1. The van der Waals surface area contributed by atoms with Gasteiger partial charge in [0.2, 0.25) is 0 Å². The lowest BCUT2D eigenvalue weighted by Gasteiger charge is -2.12. The maximum Gasteiger partial charge on any atom is 0.261 e. The van der Waals surface area contributed by atoms with E-state index in [0.29, 0.717) is 22.9 Å². The molecular formula is C17H19N3O3S. The zero-order chi connectivity index (χ0) is 17.3. The van der Waals surface area contributed by atoms with Crippen molar-refractivity contribution in [2.75, 3.05) is 14.2 Å². The average Bonchev–Trinajstić information content (AvgIpc) is 3.14. The third-order valence-electron chi connectivity index (χ3n) is 3.84. The van der Waals surface area contributed by atoms with Crippen molar-refractivity contribution in [1.29, 1.82) is 0 Å². The molecule has 0 aliphatic heterocycles. The number of aryl methyl sites for hydroxylation is 2. The van der Waals surface area contributed by atoms with E-state index in [0.717, 1.165) is 21.5 Å². The molecule has 0 aliphatic rings. The molecular weight excluding hydrogens is 326 g/mol. The van der Waals surface area contributed by atoms with E-state index in [-0.39, 0.29) is 5.91 Å². The van der Waals surface area contributed by atoms with E-state index in [4.69, 9.17) is 9.47 Å². The van der Waals surface area contributed by atoms with Gasteiger partial charge >= 0.3 is 0 Å². The van der Waals surface area contributed by atoms with Crippen LogP contribution in [0.1, 0.15) is 20.9 Å². The van der Waals surface area contributed by atoms with Gasteiger partial charge in [-0.15, -0.1) is 11.3 Å². The highest BCUT2D eigenvalue weighted by molar-refractivity contribution is 7.20. The molecule has 2 heterocycles. The molecule has 0 bridgehead atoms. The van der Waals surface area contributed by atoms with E-state index >= 15 is 0 Å². The van der Waals surface area contributed by atoms with Crippen molar-refractivity contribution in [3.8, 4) is 11.5 Å². The number of carbonyl (C=O) groups excluding carboxylic acids is 1. The predicted octanol–water partition coefficient (Wildman–Crippen LogP) is 2.89. The molecule has 7 heteroatoms. The highest BCUT2D eigenvalue weighted by Gasteiger charge is 2.16. The lowest BCUT2D eigenvalue weighted by Crippen LogP contribution is -2.22. The Balaban J connectivity index is 1.79. The van der Waals surface area contributed by atoms with Crippen LogP contribution in [0, 0.1) is 6.92 Å². The average molecular weight is 345 g/mol. The van der Waals surface area contributed by atoms with Gasteiger partial charge in [-0.2, -0.15) is 5.10 Å². The third kappa shape index (κ3) is 2.82. The molecule has 3 aromatic rings. The van der Waals surface area contributed by atoms with E-state index in [9.17, 15) is 4.79 Å². The van der Waals surface area contributed by atoms with E-state index in [2.05, 4.69) is 10.4 Å². The second-order valence-electron chi connectivity index (χ2n) is 5.37. The van der Waals surface area contributed by atoms with Crippen LogP contribution in [0.5, 0.6) is 11.5 Å². The minimum atomic E-state index is -0.111. The fraction of sp³-hybridized carbons (Fsp3) is 0.294. The summed E-state index contributed by atoms with van der Waals surface area (Å²) in [6, 6.07) is 7.49. The molecule has 1 aromatic carbocycles. The van der Waals surface area contributed by atoms with E-state index in [1.54, 1.807) is 18.9 Å². The molecule has 6 nitrogen and oxygen atoms in total. The monoisotopic (exact) mass is 345 g/mol. The number of nitrogens with zero attached hydrogens (tertiary/aromatic N) is 2. The summed E-state index contributed by atoms with van der Waals surface area (Å²) in [5.74, 6) is 1.17. The summed E-state index contributed by atoms with van der Waals surface area (Å²) in [5.41, 5.74) is 1.79. The van der Waals surface area contributed by atoms with Crippen LogP contribution in [0.4, 0.5) is 0 Å². The van der Waals surface area contributed by atoms with Crippen molar-refractivity contribution in [2.24, 2.45) is 7.05 Å². The van der Waals surface area contributed by atoms with Gasteiger partial charge in [0.05, 0.1) is 24.8 Å². The first kappa shape index (κ1) is 16.3. The molecule has 0 radical (unpaired) electrons. The number of thiophene rings is 1. The summed E-state index contributed by atoms with van der Waals surface area (Å²) >= 11 is 1.44. The van der Waals surface area contributed by atoms with Gasteiger partial charge in [-0.1, -0.05) is 12.1 Å². The molecule has 0 saturated heterocycles. The van der Waals surface area contributed by atoms with E-state index < -0.39 is 0 Å². The minimum absolute atomic E-state index is 0.111. The first-order chi connectivity index (χ1) is 11.5. The van der Waals surface area contributed by atoms with Crippen molar-refractivity contribution in [1.82, 2.24) is 15.1 Å². The maximum absolute atomic E-state index is 12.5. The number of aromatic nitrogens is 2. The summed E-state index contributed by atoms with van der Waals surface area (Å²) in [7, 11) is 5.06. The van der Waals surface area contributed by atoms with Crippen molar-refractivity contribution in [3.05, 3.63) is 40.4 Å². The van der Waals surface area contributed by atoms with Gasteiger partial charge in [-0.05, 0) is 19.1 Å². The smallest absolute Gasteiger partial charge is 0.261 e. The van der Waals surface area contributed by atoms with Gasteiger partial charge in [0.25, 0.3) is 5.91 Å². The zero-order valence-electron chi connectivity index (χ0n) is 14.0. The number of carbonyl (C=O) groups is 1. The number of ether oxygens (including phenoxy) is 2. The molecule has 126 valence electrons. The van der Waals surface area contributed by atoms with Crippen molar-refractivity contribution in [3.63, 3.8) is 0 Å². The standard InChI is InChI=1S/C17H19N3O3S/c1-10-12-8-14(24-17(12)20(2)19-10)16(21)18-9-11-6-5-7-13(22-3)15(11)23-4/h5-8H,9H2,1-4H3,(H,18,21). The number of amides is 1. The van der Waals surface area contributed by atoms with Crippen LogP contribution in [0.2, 0.25) is 0 Å². The highest BCUT2D eigenvalue weighted by Crippen LogP contribution is 2.31. The Hall–Kier alpha value is -2.54. The molecule has 0 unspecified atom stereocenters. The predicted molar refractivity (Wildman–Crippen MR) is 94.0 cm³/mol. The Morgan fingerprint density at radius 2 is 2.12 bits per heavy atom. The second kappa shape index (κ2) is 6.52. The third-order valence-corrected chi connectivity index (χ3v) is 5.04. The number of benzene rings is 1. The van der Waals surface area contributed by atoms with E-state index in [1.165, 1.54) is 11.3 Å². The molecule has 0 saturated carbocycles. The molecule has 3 rings (SSSR count). The molecule has 0 aliphatic carbocycles. The van der Waals surface area contributed by atoms with Crippen LogP contribution in [0.15, 0.2) is 24.3 Å². The van der Waals surface area contributed by atoms with Crippen LogP contribution in [0.25, 0.3) is 10.2 Å².